The average molecular weight is 533 g/mol. The third-order valence-electron chi connectivity index (χ3n) is 2.73. The van der Waals surface area contributed by atoms with Crippen LogP contribution in [0.5, 0.6) is 0 Å². The van der Waals surface area contributed by atoms with Crippen molar-refractivity contribution in [3.63, 3.8) is 0 Å². The molecular formula is C9H22Cl5N4O3P3Si. The van der Waals surface area contributed by atoms with E-state index in [9.17, 15) is 0 Å². The van der Waals surface area contributed by atoms with Crippen LogP contribution < -0.4 is 5.09 Å². The van der Waals surface area contributed by atoms with Crippen molar-refractivity contribution in [1.82, 2.24) is 5.09 Å². The molecule has 0 aliphatic carbocycles. The highest BCUT2D eigenvalue weighted by Gasteiger charge is 2.40. The van der Waals surface area contributed by atoms with E-state index in [2.05, 4.69) is 18.6 Å². The Bertz CT molecular complexity index is 589. The Labute approximate surface area is 174 Å². The van der Waals surface area contributed by atoms with Gasteiger partial charge in [-0.3, -0.25) is 5.09 Å². The van der Waals surface area contributed by atoms with E-state index in [1.807, 2.05) is 20.8 Å². The zero-order valence-electron chi connectivity index (χ0n) is 14.0. The minimum Gasteiger partial charge on any atom is -0.374 e. The monoisotopic (exact) mass is 530 g/mol. The van der Waals surface area contributed by atoms with E-state index in [0.29, 0.717) is 38.8 Å². The van der Waals surface area contributed by atoms with Crippen LogP contribution in [0.1, 0.15) is 27.2 Å². The smallest absolute Gasteiger partial charge is 0.374 e. The van der Waals surface area contributed by atoms with Gasteiger partial charge in [0.05, 0.1) is 0 Å². The van der Waals surface area contributed by atoms with E-state index in [1.54, 1.807) is 0 Å². The fourth-order valence-corrected chi connectivity index (χ4v) is 21.9. The molecule has 1 heterocycles. The predicted octanol–water partition coefficient (Wildman–Crippen LogP) is 8.06. The van der Waals surface area contributed by atoms with Gasteiger partial charge in [-0.1, -0.05) is 0 Å². The summed E-state index contributed by atoms with van der Waals surface area (Å²) >= 11 is 30.6. The normalized spacial score (nSPS) is 25.0. The second-order valence-electron chi connectivity index (χ2n) is 4.70. The fourth-order valence-electron chi connectivity index (χ4n) is 2.06. The number of nitrogens with one attached hydrogen (secondary N) is 1. The van der Waals surface area contributed by atoms with Crippen LogP contribution in [-0.4, -0.2) is 35.2 Å². The van der Waals surface area contributed by atoms with Gasteiger partial charge in [-0.2, -0.15) is 13.5 Å². The lowest BCUT2D eigenvalue weighted by Gasteiger charge is -2.29. The molecule has 25 heavy (non-hydrogen) atoms. The summed E-state index contributed by atoms with van der Waals surface area (Å²) in [7, 11) is -2.70. The molecule has 0 bridgehead atoms. The van der Waals surface area contributed by atoms with Crippen LogP contribution in [0.4, 0.5) is 0 Å². The van der Waals surface area contributed by atoms with Gasteiger partial charge in [0.25, 0.3) is 11.8 Å². The minimum absolute atomic E-state index is 0.480. The van der Waals surface area contributed by atoms with Crippen LogP contribution in [0.2, 0.25) is 6.04 Å². The first-order valence-corrected chi connectivity index (χ1v) is 19.1. The highest BCUT2D eigenvalue weighted by Crippen LogP contribution is 2.85. The van der Waals surface area contributed by atoms with Crippen LogP contribution in [-0.2, 0) is 13.3 Å². The molecule has 7 nitrogen and oxygen atoms in total. The lowest BCUT2D eigenvalue weighted by Crippen LogP contribution is -2.46. The molecule has 150 valence electrons. The maximum atomic E-state index is 6.42. The van der Waals surface area contributed by atoms with Crippen molar-refractivity contribution in [1.29, 1.82) is 0 Å². The molecule has 0 radical (unpaired) electrons. The molecule has 1 rings (SSSR count). The third kappa shape index (κ3) is 9.04. The molecule has 0 saturated carbocycles. The summed E-state index contributed by atoms with van der Waals surface area (Å²) in [5.41, 5.74) is 0. The molecule has 0 aromatic heterocycles. The van der Waals surface area contributed by atoms with Crippen molar-refractivity contribution in [3.8, 4) is 0 Å². The Balaban J connectivity index is 2.74. The SMILES string of the molecule is CCO[Si](CCCNP1(Cl)=NP(Cl)(Cl)=NP(Cl)(Cl)=N1)(OCC)OCC. The van der Waals surface area contributed by atoms with Gasteiger partial charge in [0, 0.05) is 32.4 Å². The molecule has 1 aliphatic rings. The Morgan fingerprint density at radius 1 is 0.800 bits per heavy atom. The summed E-state index contributed by atoms with van der Waals surface area (Å²) in [6.07, 6.45) is 0.676. The Morgan fingerprint density at radius 2 is 1.28 bits per heavy atom. The van der Waals surface area contributed by atoms with Crippen LogP contribution in [0.3, 0.4) is 0 Å². The summed E-state index contributed by atoms with van der Waals surface area (Å²) in [5.74, 6) is -6.03. The summed E-state index contributed by atoms with van der Waals surface area (Å²) in [4.78, 5) is 0. The molecule has 0 aromatic carbocycles. The summed E-state index contributed by atoms with van der Waals surface area (Å²) in [6.45, 7) is 4.89. The quantitative estimate of drug-likeness (QED) is 0.166. The maximum absolute atomic E-state index is 6.42. The molecule has 1 unspecified atom stereocenters. The third-order valence-corrected chi connectivity index (χ3v) is 18.3. The predicted molar refractivity (Wildman–Crippen MR) is 115 cm³/mol. The Morgan fingerprint density at radius 3 is 1.72 bits per heavy atom. The molecule has 0 aromatic rings. The second-order valence-corrected chi connectivity index (χ2v) is 20.9. The van der Waals surface area contributed by atoms with Gasteiger partial charge < -0.3 is 13.3 Å². The van der Waals surface area contributed by atoms with Crippen LogP contribution in [0, 0.1) is 0 Å². The van der Waals surface area contributed by atoms with Crippen LogP contribution in [0.25, 0.3) is 0 Å². The maximum Gasteiger partial charge on any atom is 0.500 e. The Kier molecular flexibility index (Phi) is 10.9. The lowest BCUT2D eigenvalue weighted by atomic mass is 10.5. The summed E-state index contributed by atoms with van der Waals surface area (Å²) in [6, 6.07) is 0.626. The molecular weight excluding hydrogens is 510 g/mol. The molecule has 0 amide bonds. The highest BCUT2D eigenvalue weighted by molar-refractivity contribution is 8.22. The first-order valence-electron chi connectivity index (χ1n) is 7.58. The van der Waals surface area contributed by atoms with Gasteiger partial charge in [-0.15, -0.1) is 0 Å². The first-order chi connectivity index (χ1) is 11.5. The van der Waals surface area contributed by atoms with Crippen LogP contribution in [0.15, 0.2) is 13.5 Å². The molecule has 1 aliphatic heterocycles. The topological polar surface area (TPSA) is 76.8 Å². The van der Waals surface area contributed by atoms with E-state index in [1.165, 1.54) is 0 Å². The van der Waals surface area contributed by atoms with Crippen molar-refractivity contribution < 1.29 is 13.3 Å². The van der Waals surface area contributed by atoms with Gasteiger partial charge in [-0.05, 0) is 83.4 Å². The molecule has 0 saturated heterocycles. The number of rotatable bonds is 11. The van der Waals surface area contributed by atoms with Crippen molar-refractivity contribution in [2.24, 2.45) is 13.5 Å². The number of nitrogens with zero attached hydrogens (tertiary/aromatic N) is 3. The number of hydrogen-bond donors (Lipinski definition) is 1. The van der Waals surface area contributed by atoms with Crippen molar-refractivity contribution >= 4 is 83.5 Å². The van der Waals surface area contributed by atoms with Crippen molar-refractivity contribution in [2.45, 2.75) is 33.2 Å². The van der Waals surface area contributed by atoms with Crippen molar-refractivity contribution in [3.05, 3.63) is 0 Å². The van der Waals surface area contributed by atoms with E-state index < -0.39 is 27.3 Å². The molecule has 1 atom stereocenters. The molecule has 0 spiro atoms. The fraction of sp³-hybridized carbons (Fsp3) is 1.00. The van der Waals surface area contributed by atoms with E-state index in [4.69, 9.17) is 69.5 Å². The van der Waals surface area contributed by atoms with Crippen LogP contribution >= 0.6 is 74.7 Å². The zero-order valence-corrected chi connectivity index (χ0v) is 21.5. The highest BCUT2D eigenvalue weighted by atomic mass is 35.9. The largest absolute Gasteiger partial charge is 0.500 e. The molecule has 1 N–H and O–H groups in total. The Hall–Kier alpha value is 2.20. The standard InChI is InChI=1S/C9H22Cl5N4O3P3Si/c1-4-19-25(20-5-2,21-6-3)9-7-8-15-24(14)17-22(10,11)16-23(12,13)18-24/h15H,4-9H2,1-3H3. The lowest BCUT2D eigenvalue weighted by molar-refractivity contribution is 0.0709. The molecule has 0 fully saturated rings. The van der Waals surface area contributed by atoms with Gasteiger partial charge in [0.1, 0.15) is 0 Å². The first kappa shape index (κ1) is 25.2. The van der Waals surface area contributed by atoms with Gasteiger partial charge in [0.2, 0.25) is 6.71 Å². The van der Waals surface area contributed by atoms with Crippen molar-refractivity contribution in [2.75, 3.05) is 26.4 Å². The second kappa shape index (κ2) is 10.8. The molecule has 16 heteroatoms. The summed E-state index contributed by atoms with van der Waals surface area (Å²) < 4.78 is 29.6. The number of halogens is 5. The zero-order chi connectivity index (χ0) is 19.2. The van der Waals surface area contributed by atoms with Gasteiger partial charge >= 0.3 is 8.80 Å². The van der Waals surface area contributed by atoms with Gasteiger partial charge in [0.15, 0.2) is 0 Å². The number of hydrogen-bond acceptors (Lipinski definition) is 7. The minimum atomic E-state index is -3.02. The van der Waals surface area contributed by atoms with E-state index in [0.717, 1.165) is 0 Å². The van der Waals surface area contributed by atoms with Gasteiger partial charge in [-0.25, -0.2) is 0 Å². The average Bonchev–Trinajstić information content (AvgIpc) is 2.40. The van der Waals surface area contributed by atoms with E-state index in [-0.39, 0.29) is 0 Å². The summed E-state index contributed by atoms with van der Waals surface area (Å²) in [5, 5.41) is 3.06. The van der Waals surface area contributed by atoms with E-state index >= 15 is 0 Å².